The molecule has 0 saturated carbocycles. The summed E-state index contributed by atoms with van der Waals surface area (Å²) in [6.45, 7) is 1.52. The van der Waals surface area contributed by atoms with Crippen molar-refractivity contribution < 1.29 is 15.0 Å². The lowest BCUT2D eigenvalue weighted by atomic mass is 9.83. The van der Waals surface area contributed by atoms with E-state index in [1.807, 2.05) is 18.2 Å². The summed E-state index contributed by atoms with van der Waals surface area (Å²) in [5, 5.41) is 19.1. The summed E-state index contributed by atoms with van der Waals surface area (Å²) in [7, 11) is 0. The molecule has 1 aliphatic heterocycles. The summed E-state index contributed by atoms with van der Waals surface area (Å²) in [4.78, 5) is 17.6. The van der Waals surface area contributed by atoms with Gasteiger partial charge in [-0.2, -0.15) is 0 Å². The lowest BCUT2D eigenvalue weighted by Gasteiger charge is -2.40. The van der Waals surface area contributed by atoms with Crippen molar-refractivity contribution in [2.24, 2.45) is 0 Å². The standard InChI is InChI=1S/C19H22N2O3/c22-13-18-17(14-5-2-1-3-6-14)7-4-10-21(18)12-16-11-15(19(23)24)8-9-20-16/h1-3,5-6,8-9,11,17-18,22H,4,7,10,12-13H2,(H,23,24). The molecule has 2 unspecified atom stereocenters. The van der Waals surface area contributed by atoms with Crippen LogP contribution >= 0.6 is 0 Å². The number of hydrogen-bond acceptors (Lipinski definition) is 4. The minimum atomic E-state index is -0.946. The summed E-state index contributed by atoms with van der Waals surface area (Å²) >= 11 is 0. The molecule has 2 N–H and O–H groups in total. The molecule has 2 atom stereocenters. The summed E-state index contributed by atoms with van der Waals surface area (Å²) in [5.41, 5.74) is 2.22. The smallest absolute Gasteiger partial charge is 0.335 e. The minimum absolute atomic E-state index is 0.0245. The number of hydrogen-bond donors (Lipinski definition) is 2. The number of likely N-dealkylation sites (tertiary alicyclic amines) is 1. The van der Waals surface area contributed by atoms with E-state index in [0.29, 0.717) is 6.54 Å². The first-order valence-electron chi connectivity index (χ1n) is 8.27. The number of nitrogens with zero attached hydrogens (tertiary/aromatic N) is 2. The van der Waals surface area contributed by atoms with Gasteiger partial charge in [-0.15, -0.1) is 0 Å². The van der Waals surface area contributed by atoms with E-state index in [-0.39, 0.29) is 24.1 Å². The van der Waals surface area contributed by atoms with Crippen LogP contribution in [-0.2, 0) is 6.54 Å². The van der Waals surface area contributed by atoms with Gasteiger partial charge in [0.1, 0.15) is 0 Å². The molecule has 2 aromatic rings. The highest BCUT2D eigenvalue weighted by Gasteiger charge is 2.32. The Balaban J connectivity index is 1.79. The molecule has 0 spiro atoms. The van der Waals surface area contributed by atoms with Gasteiger partial charge in [0.05, 0.1) is 17.9 Å². The summed E-state index contributed by atoms with van der Waals surface area (Å²) in [6.07, 6.45) is 3.63. The van der Waals surface area contributed by atoms with Crippen molar-refractivity contribution in [3.8, 4) is 0 Å². The molecular weight excluding hydrogens is 304 g/mol. The zero-order chi connectivity index (χ0) is 16.9. The minimum Gasteiger partial charge on any atom is -0.478 e. The quantitative estimate of drug-likeness (QED) is 0.883. The average molecular weight is 326 g/mol. The molecule has 1 saturated heterocycles. The van der Waals surface area contributed by atoms with E-state index < -0.39 is 5.97 Å². The molecule has 24 heavy (non-hydrogen) atoms. The normalized spacial score (nSPS) is 21.5. The molecule has 1 aliphatic rings. The topological polar surface area (TPSA) is 73.7 Å². The molecule has 0 bridgehead atoms. The number of benzene rings is 1. The van der Waals surface area contributed by atoms with E-state index in [2.05, 4.69) is 22.0 Å². The van der Waals surface area contributed by atoms with Crippen LogP contribution in [0.25, 0.3) is 0 Å². The number of piperidine rings is 1. The second kappa shape index (κ2) is 7.55. The Kier molecular flexibility index (Phi) is 5.23. The van der Waals surface area contributed by atoms with Gasteiger partial charge in [0, 0.05) is 24.7 Å². The van der Waals surface area contributed by atoms with Crippen LogP contribution in [0.3, 0.4) is 0 Å². The van der Waals surface area contributed by atoms with Crippen LogP contribution in [0.5, 0.6) is 0 Å². The largest absolute Gasteiger partial charge is 0.478 e. The maximum Gasteiger partial charge on any atom is 0.335 e. The molecule has 0 amide bonds. The Hall–Kier alpha value is -2.24. The first-order valence-corrected chi connectivity index (χ1v) is 8.27. The fraction of sp³-hybridized carbons (Fsp3) is 0.368. The van der Waals surface area contributed by atoms with Gasteiger partial charge in [-0.05, 0) is 37.1 Å². The van der Waals surface area contributed by atoms with E-state index in [1.165, 1.54) is 17.8 Å². The van der Waals surface area contributed by atoms with E-state index in [1.54, 1.807) is 6.07 Å². The van der Waals surface area contributed by atoms with Gasteiger partial charge >= 0.3 is 5.97 Å². The van der Waals surface area contributed by atoms with Crippen molar-refractivity contribution in [2.75, 3.05) is 13.2 Å². The van der Waals surface area contributed by atoms with E-state index in [9.17, 15) is 9.90 Å². The van der Waals surface area contributed by atoms with Gasteiger partial charge in [-0.1, -0.05) is 30.3 Å². The Bertz CT molecular complexity index is 690. The maximum atomic E-state index is 11.1. The summed E-state index contributed by atoms with van der Waals surface area (Å²) in [5.74, 6) is -0.661. The fourth-order valence-corrected chi connectivity index (χ4v) is 3.56. The SMILES string of the molecule is O=C(O)c1ccnc(CN2CCCC(c3ccccc3)C2CO)c1. The lowest BCUT2D eigenvalue weighted by molar-refractivity contribution is 0.0655. The third-order valence-corrected chi connectivity index (χ3v) is 4.74. The van der Waals surface area contributed by atoms with Crippen LogP contribution in [0.15, 0.2) is 48.7 Å². The van der Waals surface area contributed by atoms with Crippen LogP contribution < -0.4 is 0 Å². The number of aromatic nitrogens is 1. The van der Waals surface area contributed by atoms with Gasteiger partial charge in [-0.25, -0.2) is 4.79 Å². The molecular formula is C19H22N2O3. The first kappa shape index (κ1) is 16.6. The second-order valence-corrected chi connectivity index (χ2v) is 6.22. The van der Waals surface area contributed by atoms with Crippen molar-refractivity contribution in [2.45, 2.75) is 31.3 Å². The number of aliphatic hydroxyl groups excluding tert-OH is 1. The van der Waals surface area contributed by atoms with E-state index in [4.69, 9.17) is 5.11 Å². The zero-order valence-corrected chi connectivity index (χ0v) is 13.5. The van der Waals surface area contributed by atoms with Crippen LogP contribution in [-0.4, -0.2) is 45.3 Å². The molecule has 5 heteroatoms. The Morgan fingerprint density at radius 3 is 2.75 bits per heavy atom. The number of carboxylic acid groups (broad SMARTS) is 1. The molecule has 2 heterocycles. The molecule has 126 valence electrons. The molecule has 1 aromatic heterocycles. The van der Waals surface area contributed by atoms with Crippen molar-refractivity contribution in [3.63, 3.8) is 0 Å². The van der Waals surface area contributed by atoms with Crippen molar-refractivity contribution >= 4 is 5.97 Å². The van der Waals surface area contributed by atoms with Gasteiger partial charge in [0.15, 0.2) is 0 Å². The Morgan fingerprint density at radius 2 is 2.04 bits per heavy atom. The lowest BCUT2D eigenvalue weighted by Crippen LogP contribution is -2.46. The van der Waals surface area contributed by atoms with Crippen LogP contribution in [0.2, 0.25) is 0 Å². The average Bonchev–Trinajstić information content (AvgIpc) is 2.62. The number of aromatic carboxylic acids is 1. The molecule has 1 aromatic carbocycles. The molecule has 0 radical (unpaired) electrons. The number of aliphatic hydroxyl groups is 1. The Labute approximate surface area is 141 Å². The summed E-state index contributed by atoms with van der Waals surface area (Å²) < 4.78 is 0. The highest BCUT2D eigenvalue weighted by Crippen LogP contribution is 2.33. The number of pyridine rings is 1. The predicted octanol–water partition coefficient (Wildman–Crippen LogP) is 2.52. The van der Waals surface area contributed by atoms with Crippen LogP contribution in [0.4, 0.5) is 0 Å². The molecule has 5 nitrogen and oxygen atoms in total. The first-order chi connectivity index (χ1) is 11.7. The molecule has 0 aliphatic carbocycles. The molecule has 1 fully saturated rings. The number of rotatable bonds is 5. The van der Waals surface area contributed by atoms with Crippen molar-refractivity contribution in [1.82, 2.24) is 9.88 Å². The Morgan fingerprint density at radius 1 is 1.25 bits per heavy atom. The van der Waals surface area contributed by atoms with Gasteiger partial charge < -0.3 is 10.2 Å². The number of carbonyl (C=O) groups is 1. The van der Waals surface area contributed by atoms with Crippen molar-refractivity contribution in [1.29, 1.82) is 0 Å². The monoisotopic (exact) mass is 326 g/mol. The van der Waals surface area contributed by atoms with Gasteiger partial charge in [-0.3, -0.25) is 9.88 Å². The third kappa shape index (κ3) is 3.63. The third-order valence-electron chi connectivity index (χ3n) is 4.74. The zero-order valence-electron chi connectivity index (χ0n) is 13.5. The van der Waals surface area contributed by atoms with Crippen molar-refractivity contribution in [3.05, 3.63) is 65.5 Å². The highest BCUT2D eigenvalue weighted by molar-refractivity contribution is 5.87. The van der Waals surface area contributed by atoms with Crippen LogP contribution in [0.1, 0.15) is 40.4 Å². The van der Waals surface area contributed by atoms with E-state index >= 15 is 0 Å². The van der Waals surface area contributed by atoms with E-state index in [0.717, 1.165) is 25.1 Å². The highest BCUT2D eigenvalue weighted by atomic mass is 16.4. The fourth-order valence-electron chi connectivity index (χ4n) is 3.56. The molecule has 3 rings (SSSR count). The number of carboxylic acids is 1. The van der Waals surface area contributed by atoms with Gasteiger partial charge in [0.2, 0.25) is 0 Å². The van der Waals surface area contributed by atoms with Crippen LogP contribution in [0, 0.1) is 0 Å². The maximum absolute atomic E-state index is 11.1. The van der Waals surface area contributed by atoms with Gasteiger partial charge in [0.25, 0.3) is 0 Å². The summed E-state index contributed by atoms with van der Waals surface area (Å²) in [6, 6.07) is 13.4. The predicted molar refractivity (Wildman–Crippen MR) is 90.9 cm³/mol. The second-order valence-electron chi connectivity index (χ2n) is 6.22.